The van der Waals surface area contributed by atoms with Crippen LogP contribution in [0.25, 0.3) is 0 Å². The summed E-state index contributed by atoms with van der Waals surface area (Å²) in [6, 6.07) is 1.66. The zero-order chi connectivity index (χ0) is 8.97. The molecule has 0 saturated carbocycles. The van der Waals surface area contributed by atoms with E-state index in [-0.39, 0.29) is 12.6 Å². The number of nitrogen functional groups attached to an aromatic ring is 2. The van der Waals surface area contributed by atoms with Gasteiger partial charge in [-0.25, -0.2) is 4.98 Å². The van der Waals surface area contributed by atoms with Gasteiger partial charge in [-0.15, -0.1) is 0 Å². The number of aliphatic hydroxyl groups is 1. The molecule has 5 nitrogen and oxygen atoms in total. The monoisotopic (exact) mass is 168 g/mol. The third-order valence-corrected chi connectivity index (χ3v) is 1.41. The minimum atomic E-state index is 0.143. The highest BCUT2D eigenvalue weighted by atomic mass is 16.2. The Hall–Kier alpha value is -1.36. The van der Waals surface area contributed by atoms with Crippen molar-refractivity contribution in [1.82, 2.24) is 9.97 Å². The van der Waals surface area contributed by atoms with E-state index in [0.717, 1.165) is 5.69 Å². The molecule has 0 fully saturated rings. The number of aryl methyl sites for hydroxylation is 1. The Morgan fingerprint density at radius 1 is 1.33 bits per heavy atom. The number of aliphatic hydroxyl groups excluding tert-OH is 1. The maximum absolute atomic E-state index is 8.56. The second-order valence-electron chi connectivity index (χ2n) is 2.47. The number of aromatic nitrogens is 2. The summed E-state index contributed by atoms with van der Waals surface area (Å²) in [4.78, 5) is 7.67. The molecule has 0 aromatic carbocycles. The van der Waals surface area contributed by atoms with Crippen molar-refractivity contribution in [2.45, 2.75) is 12.8 Å². The van der Waals surface area contributed by atoms with Crippen molar-refractivity contribution >= 4 is 11.8 Å². The lowest BCUT2D eigenvalue weighted by Crippen LogP contribution is -2.03. The molecule has 0 radical (unpaired) electrons. The van der Waals surface area contributed by atoms with Crippen molar-refractivity contribution in [1.29, 1.82) is 0 Å². The van der Waals surface area contributed by atoms with Crippen molar-refractivity contribution in [2.24, 2.45) is 0 Å². The lowest BCUT2D eigenvalue weighted by molar-refractivity contribution is 0.288. The van der Waals surface area contributed by atoms with Crippen LogP contribution in [0.1, 0.15) is 12.1 Å². The molecule has 0 aliphatic heterocycles. The lowest BCUT2D eigenvalue weighted by Gasteiger charge is -2.00. The molecular formula is C7H12N4O. The summed E-state index contributed by atoms with van der Waals surface area (Å²) in [6.45, 7) is 0.143. The van der Waals surface area contributed by atoms with Gasteiger partial charge in [-0.3, -0.25) is 0 Å². The summed E-state index contributed by atoms with van der Waals surface area (Å²) in [5, 5.41) is 8.56. The molecule has 0 unspecified atom stereocenters. The molecule has 0 amide bonds. The molecule has 5 N–H and O–H groups in total. The van der Waals surface area contributed by atoms with Gasteiger partial charge in [0.05, 0.1) is 0 Å². The SMILES string of the molecule is Nc1cc(CCCO)nc(N)n1. The Bertz CT molecular complexity index is 243. The van der Waals surface area contributed by atoms with Gasteiger partial charge in [0.1, 0.15) is 5.82 Å². The summed E-state index contributed by atoms with van der Waals surface area (Å²) in [7, 11) is 0. The highest BCUT2D eigenvalue weighted by molar-refractivity contribution is 5.35. The number of nitrogens with two attached hydrogens (primary N) is 2. The Labute approximate surface area is 70.4 Å². The fourth-order valence-corrected chi connectivity index (χ4v) is 0.928. The zero-order valence-electron chi connectivity index (χ0n) is 6.70. The van der Waals surface area contributed by atoms with Crippen molar-refractivity contribution in [3.8, 4) is 0 Å². The van der Waals surface area contributed by atoms with Crippen LogP contribution in [-0.4, -0.2) is 21.7 Å². The second-order valence-corrected chi connectivity index (χ2v) is 2.47. The Kier molecular flexibility index (Phi) is 2.82. The Morgan fingerprint density at radius 2 is 2.08 bits per heavy atom. The molecular weight excluding hydrogens is 156 g/mol. The van der Waals surface area contributed by atoms with Crippen LogP contribution in [0, 0.1) is 0 Å². The molecule has 1 heterocycles. The number of hydrogen-bond acceptors (Lipinski definition) is 5. The topological polar surface area (TPSA) is 98.0 Å². The third kappa shape index (κ3) is 2.35. The van der Waals surface area contributed by atoms with E-state index >= 15 is 0 Å². The van der Waals surface area contributed by atoms with Crippen LogP contribution in [-0.2, 0) is 6.42 Å². The van der Waals surface area contributed by atoms with Crippen LogP contribution in [0.5, 0.6) is 0 Å². The molecule has 1 aromatic rings. The van der Waals surface area contributed by atoms with Crippen molar-refractivity contribution in [3.05, 3.63) is 11.8 Å². The number of anilines is 2. The smallest absolute Gasteiger partial charge is 0.222 e. The average molecular weight is 168 g/mol. The predicted molar refractivity (Wildman–Crippen MR) is 46.3 cm³/mol. The van der Waals surface area contributed by atoms with Crippen LogP contribution in [0.15, 0.2) is 6.07 Å². The summed E-state index contributed by atoms with van der Waals surface area (Å²) in [5.41, 5.74) is 11.6. The van der Waals surface area contributed by atoms with E-state index in [0.29, 0.717) is 18.7 Å². The number of hydrogen-bond donors (Lipinski definition) is 3. The summed E-state index contributed by atoms with van der Waals surface area (Å²) in [6.07, 6.45) is 1.34. The van der Waals surface area contributed by atoms with Crippen LogP contribution >= 0.6 is 0 Å². The average Bonchev–Trinajstić information content (AvgIpc) is 1.99. The first-order valence-corrected chi connectivity index (χ1v) is 3.72. The molecule has 0 atom stereocenters. The third-order valence-electron chi connectivity index (χ3n) is 1.41. The summed E-state index contributed by atoms with van der Waals surface area (Å²) in [5.74, 6) is 0.554. The molecule has 12 heavy (non-hydrogen) atoms. The highest BCUT2D eigenvalue weighted by Gasteiger charge is 1.98. The van der Waals surface area contributed by atoms with Crippen LogP contribution in [0.4, 0.5) is 11.8 Å². The molecule has 1 rings (SSSR count). The minimum absolute atomic E-state index is 0.143. The lowest BCUT2D eigenvalue weighted by atomic mass is 10.2. The predicted octanol–water partition coefficient (Wildman–Crippen LogP) is -0.434. The minimum Gasteiger partial charge on any atom is -0.396 e. The van der Waals surface area contributed by atoms with E-state index in [1.54, 1.807) is 6.07 Å². The fraction of sp³-hybridized carbons (Fsp3) is 0.429. The quantitative estimate of drug-likeness (QED) is 0.568. The van der Waals surface area contributed by atoms with Crippen molar-refractivity contribution in [2.75, 3.05) is 18.1 Å². The number of rotatable bonds is 3. The zero-order valence-corrected chi connectivity index (χ0v) is 6.70. The van der Waals surface area contributed by atoms with Gasteiger partial charge >= 0.3 is 0 Å². The fourth-order valence-electron chi connectivity index (χ4n) is 0.928. The van der Waals surface area contributed by atoms with Crippen molar-refractivity contribution < 1.29 is 5.11 Å². The van der Waals surface area contributed by atoms with Crippen molar-refractivity contribution in [3.63, 3.8) is 0 Å². The first-order valence-electron chi connectivity index (χ1n) is 3.72. The Balaban J connectivity index is 2.72. The van der Waals surface area contributed by atoms with Gasteiger partial charge in [0.15, 0.2) is 0 Å². The van der Waals surface area contributed by atoms with Gasteiger partial charge in [-0.05, 0) is 12.8 Å². The molecule has 0 saturated heterocycles. The van der Waals surface area contributed by atoms with Crippen LogP contribution in [0.3, 0.4) is 0 Å². The molecule has 0 aliphatic carbocycles. The van der Waals surface area contributed by atoms with Gasteiger partial charge in [-0.2, -0.15) is 4.98 Å². The maximum Gasteiger partial charge on any atom is 0.222 e. The molecule has 66 valence electrons. The van der Waals surface area contributed by atoms with Crippen LogP contribution in [0.2, 0.25) is 0 Å². The standard InChI is InChI=1S/C7H12N4O/c8-6-4-5(2-1-3-12)10-7(9)11-6/h4,12H,1-3H2,(H4,8,9,10,11). The molecule has 0 aliphatic rings. The van der Waals surface area contributed by atoms with E-state index < -0.39 is 0 Å². The number of nitrogens with zero attached hydrogens (tertiary/aromatic N) is 2. The summed E-state index contributed by atoms with van der Waals surface area (Å²) < 4.78 is 0. The summed E-state index contributed by atoms with van der Waals surface area (Å²) >= 11 is 0. The normalized spacial score (nSPS) is 10.1. The molecule has 0 spiro atoms. The molecule has 0 bridgehead atoms. The van der Waals surface area contributed by atoms with Gasteiger partial charge in [0.25, 0.3) is 0 Å². The van der Waals surface area contributed by atoms with Gasteiger partial charge in [0.2, 0.25) is 5.95 Å². The van der Waals surface area contributed by atoms with Gasteiger partial charge in [0, 0.05) is 18.4 Å². The van der Waals surface area contributed by atoms with E-state index in [2.05, 4.69) is 9.97 Å². The van der Waals surface area contributed by atoms with Crippen LogP contribution < -0.4 is 11.5 Å². The van der Waals surface area contributed by atoms with E-state index in [1.807, 2.05) is 0 Å². The maximum atomic E-state index is 8.56. The molecule has 1 aromatic heterocycles. The van der Waals surface area contributed by atoms with Gasteiger partial charge < -0.3 is 16.6 Å². The van der Waals surface area contributed by atoms with E-state index in [4.69, 9.17) is 16.6 Å². The Morgan fingerprint density at radius 3 is 2.67 bits per heavy atom. The van der Waals surface area contributed by atoms with E-state index in [9.17, 15) is 0 Å². The van der Waals surface area contributed by atoms with Gasteiger partial charge in [-0.1, -0.05) is 0 Å². The second kappa shape index (κ2) is 3.87. The highest BCUT2D eigenvalue weighted by Crippen LogP contribution is 2.05. The first kappa shape index (κ1) is 8.73. The molecule has 5 heteroatoms. The largest absolute Gasteiger partial charge is 0.396 e. The van der Waals surface area contributed by atoms with E-state index in [1.165, 1.54) is 0 Å². The first-order chi connectivity index (χ1) is 5.72.